The minimum Gasteiger partial charge on any atom is -0.484 e. The predicted molar refractivity (Wildman–Crippen MR) is 100 cm³/mol. The topological polar surface area (TPSA) is 41.6 Å². The third-order valence-corrected chi connectivity index (χ3v) is 4.96. The van der Waals surface area contributed by atoms with E-state index < -0.39 is 0 Å². The maximum Gasteiger partial charge on any atom is 0.257 e. The molecule has 1 aliphatic heterocycles. The number of fused-ring (bicyclic) bond motifs is 1. The molecule has 0 saturated carbocycles. The summed E-state index contributed by atoms with van der Waals surface area (Å²) >= 11 is 11.8. The van der Waals surface area contributed by atoms with Gasteiger partial charge in [0.25, 0.3) is 5.91 Å². The second-order valence-electron chi connectivity index (χ2n) is 6.01. The van der Waals surface area contributed by atoms with Gasteiger partial charge >= 0.3 is 0 Å². The number of nitrogens with one attached hydrogen (secondary N) is 1. The zero-order chi connectivity index (χ0) is 17.6. The molecule has 1 heterocycles. The highest BCUT2D eigenvalue weighted by atomic mass is 35.5. The van der Waals surface area contributed by atoms with Crippen LogP contribution in [0.5, 0.6) is 5.75 Å². The molecule has 0 aliphatic carbocycles. The van der Waals surface area contributed by atoms with Crippen LogP contribution in [0.25, 0.3) is 0 Å². The van der Waals surface area contributed by atoms with E-state index in [0.29, 0.717) is 22.3 Å². The average Bonchev–Trinajstić information content (AvgIpc) is 2.62. The fourth-order valence-electron chi connectivity index (χ4n) is 2.87. The van der Waals surface area contributed by atoms with Crippen molar-refractivity contribution in [2.75, 3.05) is 26.2 Å². The first kappa shape index (κ1) is 18.1. The van der Waals surface area contributed by atoms with E-state index >= 15 is 0 Å². The second-order valence-corrected chi connectivity index (χ2v) is 6.82. The lowest BCUT2D eigenvalue weighted by atomic mass is 10.00. The van der Waals surface area contributed by atoms with Crippen LogP contribution in [0.2, 0.25) is 10.0 Å². The van der Waals surface area contributed by atoms with Gasteiger partial charge in [0.2, 0.25) is 0 Å². The van der Waals surface area contributed by atoms with Crippen molar-refractivity contribution >= 4 is 29.1 Å². The molecule has 0 aromatic heterocycles. The lowest BCUT2D eigenvalue weighted by molar-refractivity contribution is -0.123. The molecule has 1 N–H and O–H groups in total. The van der Waals surface area contributed by atoms with Crippen molar-refractivity contribution < 1.29 is 9.53 Å². The summed E-state index contributed by atoms with van der Waals surface area (Å²) in [7, 11) is 0. The Morgan fingerprint density at radius 3 is 2.72 bits per heavy atom. The first-order valence-electron chi connectivity index (χ1n) is 8.25. The van der Waals surface area contributed by atoms with Crippen molar-refractivity contribution in [1.29, 1.82) is 0 Å². The summed E-state index contributed by atoms with van der Waals surface area (Å²) in [5, 5.41) is 3.75. The van der Waals surface area contributed by atoms with Gasteiger partial charge in [0, 0.05) is 32.2 Å². The summed E-state index contributed by atoms with van der Waals surface area (Å²) in [6.45, 7) is 3.35. The van der Waals surface area contributed by atoms with Crippen LogP contribution in [0, 0.1) is 0 Å². The molecule has 0 spiro atoms. The Hall–Kier alpha value is -1.75. The van der Waals surface area contributed by atoms with Crippen LogP contribution in [0.15, 0.2) is 42.5 Å². The van der Waals surface area contributed by atoms with Crippen LogP contribution in [0.3, 0.4) is 0 Å². The zero-order valence-corrected chi connectivity index (χ0v) is 15.3. The first-order valence-corrected chi connectivity index (χ1v) is 9.01. The molecule has 3 rings (SSSR count). The number of hydrogen-bond donors (Lipinski definition) is 1. The van der Waals surface area contributed by atoms with E-state index in [2.05, 4.69) is 34.5 Å². The average molecular weight is 379 g/mol. The van der Waals surface area contributed by atoms with E-state index in [9.17, 15) is 4.79 Å². The van der Waals surface area contributed by atoms with E-state index in [1.54, 1.807) is 18.2 Å². The number of halogens is 2. The van der Waals surface area contributed by atoms with Crippen LogP contribution >= 0.6 is 23.2 Å². The Bertz CT molecular complexity index is 752. The monoisotopic (exact) mass is 378 g/mol. The van der Waals surface area contributed by atoms with Crippen molar-refractivity contribution in [3.8, 4) is 5.75 Å². The highest BCUT2D eigenvalue weighted by Crippen LogP contribution is 2.26. The normalized spacial score (nSPS) is 14.0. The Morgan fingerprint density at radius 1 is 1.12 bits per heavy atom. The molecular formula is C19H20Cl2N2O2. The van der Waals surface area contributed by atoms with Crippen molar-refractivity contribution in [1.82, 2.24) is 10.2 Å². The molecule has 2 aromatic carbocycles. The minimum atomic E-state index is -0.150. The largest absolute Gasteiger partial charge is 0.484 e. The van der Waals surface area contributed by atoms with Crippen LogP contribution in [0.1, 0.15) is 11.1 Å². The number of rotatable bonds is 6. The van der Waals surface area contributed by atoms with E-state index in [0.717, 1.165) is 26.1 Å². The highest BCUT2D eigenvalue weighted by molar-refractivity contribution is 6.42. The lowest BCUT2D eigenvalue weighted by Crippen LogP contribution is -2.39. The second kappa shape index (κ2) is 8.56. The maximum atomic E-state index is 11.9. The van der Waals surface area contributed by atoms with Gasteiger partial charge in [-0.05, 0) is 29.7 Å². The molecule has 0 unspecified atom stereocenters. The van der Waals surface area contributed by atoms with Gasteiger partial charge in [-0.2, -0.15) is 0 Å². The van der Waals surface area contributed by atoms with Gasteiger partial charge in [-0.25, -0.2) is 0 Å². The summed E-state index contributed by atoms with van der Waals surface area (Å²) in [5.74, 6) is 0.376. The standard InChI is InChI=1S/C19H20Cl2N2O2/c20-17-6-5-16(11-18(17)21)25-13-19(24)22-8-10-23-9-7-14-3-1-2-4-15(14)12-23/h1-6,11H,7-10,12-13H2,(H,22,24). The molecule has 0 radical (unpaired) electrons. The number of nitrogens with zero attached hydrogens (tertiary/aromatic N) is 1. The predicted octanol–water partition coefficient (Wildman–Crippen LogP) is 3.55. The van der Waals surface area contributed by atoms with Gasteiger partial charge in [-0.1, -0.05) is 47.5 Å². The molecule has 0 saturated heterocycles. The molecule has 4 nitrogen and oxygen atoms in total. The molecule has 2 aromatic rings. The summed E-state index contributed by atoms with van der Waals surface area (Å²) in [4.78, 5) is 14.2. The highest BCUT2D eigenvalue weighted by Gasteiger charge is 2.15. The van der Waals surface area contributed by atoms with Crippen LogP contribution < -0.4 is 10.1 Å². The number of benzene rings is 2. The maximum absolute atomic E-state index is 11.9. The van der Waals surface area contributed by atoms with Crippen LogP contribution in [0.4, 0.5) is 0 Å². The number of carbonyl (C=O) groups excluding carboxylic acids is 1. The van der Waals surface area contributed by atoms with Crippen molar-refractivity contribution in [2.24, 2.45) is 0 Å². The van der Waals surface area contributed by atoms with Gasteiger partial charge in [0.05, 0.1) is 10.0 Å². The zero-order valence-electron chi connectivity index (χ0n) is 13.8. The molecule has 6 heteroatoms. The Morgan fingerprint density at radius 2 is 1.92 bits per heavy atom. The molecular weight excluding hydrogens is 359 g/mol. The van der Waals surface area contributed by atoms with Crippen molar-refractivity contribution in [2.45, 2.75) is 13.0 Å². The molecule has 0 fully saturated rings. The number of carbonyl (C=O) groups is 1. The quantitative estimate of drug-likeness (QED) is 0.835. The van der Waals surface area contributed by atoms with Gasteiger partial charge < -0.3 is 10.1 Å². The summed E-state index contributed by atoms with van der Waals surface area (Å²) in [6.07, 6.45) is 1.06. The van der Waals surface area contributed by atoms with E-state index in [1.165, 1.54) is 11.1 Å². The third-order valence-electron chi connectivity index (χ3n) is 4.22. The fourth-order valence-corrected chi connectivity index (χ4v) is 3.15. The Kier molecular flexibility index (Phi) is 6.19. The third kappa shape index (κ3) is 5.11. The number of hydrogen-bond acceptors (Lipinski definition) is 3. The minimum absolute atomic E-state index is 0.0409. The summed E-state index contributed by atoms with van der Waals surface area (Å²) in [5.41, 5.74) is 2.81. The van der Waals surface area contributed by atoms with Gasteiger partial charge in [-0.15, -0.1) is 0 Å². The molecule has 0 atom stereocenters. The molecule has 1 amide bonds. The molecule has 132 valence electrons. The fraction of sp³-hybridized carbons (Fsp3) is 0.316. The van der Waals surface area contributed by atoms with E-state index in [-0.39, 0.29) is 12.5 Å². The Labute approximate surface area is 157 Å². The van der Waals surface area contributed by atoms with Crippen LogP contribution in [-0.4, -0.2) is 37.0 Å². The summed E-state index contributed by atoms with van der Waals surface area (Å²) < 4.78 is 5.42. The van der Waals surface area contributed by atoms with Crippen molar-refractivity contribution in [3.63, 3.8) is 0 Å². The van der Waals surface area contributed by atoms with Gasteiger partial charge in [0.15, 0.2) is 6.61 Å². The van der Waals surface area contributed by atoms with E-state index in [4.69, 9.17) is 27.9 Å². The Balaban J connectivity index is 1.37. The smallest absolute Gasteiger partial charge is 0.257 e. The summed E-state index contributed by atoms with van der Waals surface area (Å²) in [6, 6.07) is 13.5. The molecule has 0 bridgehead atoms. The first-order chi connectivity index (χ1) is 12.1. The molecule has 25 heavy (non-hydrogen) atoms. The number of amides is 1. The number of ether oxygens (including phenoxy) is 1. The van der Waals surface area contributed by atoms with E-state index in [1.807, 2.05) is 0 Å². The molecule has 1 aliphatic rings. The SMILES string of the molecule is O=C(COc1ccc(Cl)c(Cl)c1)NCCN1CCc2ccccc2C1. The van der Waals surface area contributed by atoms with Gasteiger partial charge in [-0.3, -0.25) is 9.69 Å². The lowest BCUT2D eigenvalue weighted by Gasteiger charge is -2.28. The van der Waals surface area contributed by atoms with Gasteiger partial charge in [0.1, 0.15) is 5.75 Å². The van der Waals surface area contributed by atoms with Crippen molar-refractivity contribution in [3.05, 3.63) is 63.6 Å². The van der Waals surface area contributed by atoms with Crippen LogP contribution in [-0.2, 0) is 17.8 Å².